The second kappa shape index (κ2) is 3.82. The maximum Gasteiger partial charge on any atom is 0.279 e. The molecule has 0 saturated heterocycles. The fourth-order valence-electron chi connectivity index (χ4n) is 0.980. The van der Waals surface area contributed by atoms with Gasteiger partial charge in [0.05, 0.1) is 4.88 Å². The minimum absolute atomic E-state index is 0.358. The van der Waals surface area contributed by atoms with Gasteiger partial charge in [0, 0.05) is 0 Å². The van der Waals surface area contributed by atoms with E-state index in [1.165, 1.54) is 11.3 Å². The molecule has 14 heavy (non-hydrogen) atoms. The number of carbonyl (C=O) groups is 1. The van der Waals surface area contributed by atoms with Crippen LogP contribution in [-0.2, 0) is 0 Å². The highest BCUT2D eigenvalue weighted by atomic mass is 32.1. The Morgan fingerprint density at radius 2 is 2.43 bits per heavy atom. The molecule has 7 heteroatoms. The van der Waals surface area contributed by atoms with Gasteiger partial charge in [0.2, 0.25) is 0 Å². The number of nitrogens with one attached hydrogen (secondary N) is 1. The summed E-state index contributed by atoms with van der Waals surface area (Å²) in [6.07, 6.45) is 0. The Morgan fingerprint density at radius 3 is 3.07 bits per heavy atom. The quantitative estimate of drug-likeness (QED) is 0.452. The van der Waals surface area contributed by atoms with Crippen molar-refractivity contribution in [3.63, 3.8) is 0 Å². The molecule has 0 bridgehead atoms. The first kappa shape index (κ1) is 9.25. The van der Waals surface area contributed by atoms with E-state index >= 15 is 0 Å². The van der Waals surface area contributed by atoms with Crippen LogP contribution in [0.15, 0.2) is 17.5 Å². The molecule has 0 radical (unpaired) electrons. The maximum atomic E-state index is 11.3. The molecule has 0 aromatic carbocycles. The van der Waals surface area contributed by atoms with E-state index in [2.05, 4.69) is 15.0 Å². The number of rotatable bonds is 2. The van der Waals surface area contributed by atoms with E-state index in [0.29, 0.717) is 10.6 Å². The number of hydrazine groups is 1. The van der Waals surface area contributed by atoms with Gasteiger partial charge in [-0.2, -0.15) is 0 Å². The van der Waals surface area contributed by atoms with Crippen LogP contribution in [0.25, 0.3) is 10.6 Å². The molecular weight excluding hydrogens is 220 g/mol. The van der Waals surface area contributed by atoms with Crippen LogP contribution in [-0.4, -0.2) is 15.5 Å². The van der Waals surface area contributed by atoms with Gasteiger partial charge < -0.3 is 0 Å². The van der Waals surface area contributed by atoms with Gasteiger partial charge in [-0.25, -0.2) is 5.84 Å². The van der Waals surface area contributed by atoms with Gasteiger partial charge in [-0.1, -0.05) is 10.6 Å². The van der Waals surface area contributed by atoms with E-state index in [-0.39, 0.29) is 5.91 Å². The largest absolute Gasteiger partial charge is 0.289 e. The van der Waals surface area contributed by atoms with E-state index < -0.39 is 0 Å². The summed E-state index contributed by atoms with van der Waals surface area (Å²) in [7, 11) is 0. The zero-order valence-corrected chi connectivity index (χ0v) is 8.56. The molecule has 0 atom stereocenters. The fourth-order valence-corrected chi connectivity index (χ4v) is 2.34. The Labute approximate surface area is 87.7 Å². The molecule has 0 aliphatic carbocycles. The van der Waals surface area contributed by atoms with Crippen molar-refractivity contribution in [2.24, 2.45) is 5.84 Å². The second-order valence-corrected chi connectivity index (χ2v) is 4.10. The highest BCUT2D eigenvalue weighted by molar-refractivity contribution is 7.14. The number of carbonyl (C=O) groups excluding carboxylic acids is 1. The molecule has 72 valence electrons. The maximum absolute atomic E-state index is 11.3. The number of nitrogens with two attached hydrogens (primary N) is 1. The number of aromatic nitrogens is 2. The molecule has 1 amide bonds. The molecule has 0 aliphatic rings. The van der Waals surface area contributed by atoms with Crippen LogP contribution in [0.5, 0.6) is 0 Å². The number of thiophene rings is 1. The van der Waals surface area contributed by atoms with E-state index in [4.69, 9.17) is 5.84 Å². The van der Waals surface area contributed by atoms with Gasteiger partial charge in [0.15, 0.2) is 0 Å². The van der Waals surface area contributed by atoms with Gasteiger partial charge in [-0.05, 0) is 23.0 Å². The third-order valence-electron chi connectivity index (χ3n) is 1.58. The summed E-state index contributed by atoms with van der Waals surface area (Å²) in [4.78, 5) is 12.6. The zero-order chi connectivity index (χ0) is 9.97. The summed E-state index contributed by atoms with van der Waals surface area (Å²) in [6.45, 7) is 0. The summed E-state index contributed by atoms with van der Waals surface area (Å²) in [5.41, 5.74) is 2.66. The highest BCUT2D eigenvalue weighted by Crippen LogP contribution is 2.27. The van der Waals surface area contributed by atoms with Crippen LogP contribution in [0.3, 0.4) is 0 Å². The van der Waals surface area contributed by atoms with Crippen molar-refractivity contribution in [3.8, 4) is 10.6 Å². The summed E-state index contributed by atoms with van der Waals surface area (Å²) < 4.78 is 3.73. The Bertz CT molecular complexity index is 436. The molecule has 2 heterocycles. The topological polar surface area (TPSA) is 80.9 Å². The molecule has 3 N–H and O–H groups in total. The van der Waals surface area contributed by atoms with Crippen LogP contribution in [0, 0.1) is 0 Å². The minimum atomic E-state index is -0.358. The molecule has 2 rings (SSSR count). The van der Waals surface area contributed by atoms with Gasteiger partial charge in [0.1, 0.15) is 10.6 Å². The third kappa shape index (κ3) is 1.52. The second-order valence-electron chi connectivity index (χ2n) is 2.40. The van der Waals surface area contributed by atoms with Crippen LogP contribution < -0.4 is 11.3 Å². The third-order valence-corrected chi connectivity index (χ3v) is 3.18. The SMILES string of the molecule is NNC(=O)c1snnc1-c1cccs1. The molecule has 0 fully saturated rings. The van der Waals surface area contributed by atoms with Crippen LogP contribution >= 0.6 is 22.9 Å². The number of amides is 1. The lowest BCUT2D eigenvalue weighted by atomic mass is 10.3. The van der Waals surface area contributed by atoms with Crippen molar-refractivity contribution in [2.75, 3.05) is 0 Å². The van der Waals surface area contributed by atoms with Gasteiger partial charge in [0.25, 0.3) is 5.91 Å². The van der Waals surface area contributed by atoms with Crippen molar-refractivity contribution >= 4 is 28.8 Å². The number of hydrogen-bond donors (Lipinski definition) is 2. The van der Waals surface area contributed by atoms with Crippen molar-refractivity contribution in [2.45, 2.75) is 0 Å². The fraction of sp³-hybridized carbons (Fsp3) is 0. The predicted molar refractivity (Wildman–Crippen MR) is 54.9 cm³/mol. The monoisotopic (exact) mass is 226 g/mol. The summed E-state index contributed by atoms with van der Waals surface area (Å²) >= 11 is 2.54. The molecule has 0 unspecified atom stereocenters. The standard InChI is InChI=1S/C7H6N4OS2/c8-9-7(12)6-5(10-11-14-6)4-2-1-3-13-4/h1-3H,8H2,(H,9,12). The van der Waals surface area contributed by atoms with Crippen molar-refractivity contribution < 1.29 is 4.79 Å². The molecule has 0 saturated carbocycles. The lowest BCUT2D eigenvalue weighted by Gasteiger charge is -1.95. The molecule has 2 aromatic heterocycles. The van der Waals surface area contributed by atoms with Crippen molar-refractivity contribution in [1.82, 2.24) is 15.0 Å². The van der Waals surface area contributed by atoms with Gasteiger partial charge >= 0.3 is 0 Å². The lowest BCUT2D eigenvalue weighted by Crippen LogP contribution is -2.29. The molecule has 5 nitrogen and oxygen atoms in total. The van der Waals surface area contributed by atoms with Crippen molar-refractivity contribution in [1.29, 1.82) is 0 Å². The van der Waals surface area contributed by atoms with E-state index in [0.717, 1.165) is 16.4 Å². The highest BCUT2D eigenvalue weighted by Gasteiger charge is 2.17. The van der Waals surface area contributed by atoms with Crippen LogP contribution in [0.4, 0.5) is 0 Å². The smallest absolute Gasteiger partial charge is 0.279 e. The normalized spacial score (nSPS) is 10.1. The van der Waals surface area contributed by atoms with Crippen LogP contribution in [0.2, 0.25) is 0 Å². The van der Waals surface area contributed by atoms with Crippen molar-refractivity contribution in [3.05, 3.63) is 22.4 Å². The Kier molecular flexibility index (Phi) is 2.53. The number of hydrogen-bond acceptors (Lipinski definition) is 6. The Hall–Kier alpha value is -1.31. The predicted octanol–water partition coefficient (Wildman–Crippen LogP) is 0.870. The average Bonchev–Trinajstić information content (AvgIpc) is 2.85. The van der Waals surface area contributed by atoms with Crippen LogP contribution in [0.1, 0.15) is 9.67 Å². The molecule has 0 aliphatic heterocycles. The molecular formula is C7H6N4OS2. The van der Waals surface area contributed by atoms with E-state index in [9.17, 15) is 4.79 Å². The Balaban J connectivity index is 2.45. The van der Waals surface area contributed by atoms with Gasteiger partial charge in [-0.3, -0.25) is 10.2 Å². The first-order valence-corrected chi connectivity index (χ1v) is 5.35. The summed E-state index contributed by atoms with van der Waals surface area (Å²) in [5, 5.41) is 5.81. The zero-order valence-electron chi connectivity index (χ0n) is 6.93. The minimum Gasteiger partial charge on any atom is -0.289 e. The Morgan fingerprint density at radius 1 is 1.57 bits per heavy atom. The summed E-state index contributed by atoms with van der Waals surface area (Å²) in [6, 6.07) is 3.78. The molecule has 0 spiro atoms. The summed E-state index contributed by atoms with van der Waals surface area (Å²) in [5.74, 6) is 4.68. The first-order valence-electron chi connectivity index (χ1n) is 3.70. The van der Waals surface area contributed by atoms with E-state index in [1.807, 2.05) is 17.5 Å². The number of nitrogens with zero attached hydrogens (tertiary/aromatic N) is 2. The lowest BCUT2D eigenvalue weighted by molar-refractivity contribution is 0.0958. The van der Waals surface area contributed by atoms with E-state index in [1.54, 1.807) is 0 Å². The molecule has 2 aromatic rings. The number of nitrogen functional groups attached to an aromatic ring is 1. The first-order chi connectivity index (χ1) is 6.83. The van der Waals surface area contributed by atoms with Gasteiger partial charge in [-0.15, -0.1) is 16.4 Å². The average molecular weight is 226 g/mol.